The van der Waals surface area contributed by atoms with Crippen LogP contribution in [0, 0.1) is 0 Å². The maximum atomic E-state index is 12.2. The van der Waals surface area contributed by atoms with E-state index in [-0.39, 0.29) is 17.2 Å². The van der Waals surface area contributed by atoms with E-state index in [1.165, 1.54) is 13.2 Å². The molecule has 2 aromatic rings. The number of phenols is 1. The van der Waals surface area contributed by atoms with Crippen LogP contribution in [-0.2, 0) is 13.1 Å². The second-order valence-corrected chi connectivity index (χ2v) is 4.56. The number of benzene rings is 2. The van der Waals surface area contributed by atoms with Crippen LogP contribution in [0.2, 0.25) is 0 Å². The van der Waals surface area contributed by atoms with Gasteiger partial charge in [0.15, 0.2) is 0 Å². The van der Waals surface area contributed by atoms with Crippen molar-refractivity contribution in [3.63, 3.8) is 0 Å². The van der Waals surface area contributed by atoms with E-state index in [0.717, 1.165) is 11.1 Å². The van der Waals surface area contributed by atoms with Gasteiger partial charge in [-0.15, -0.1) is 0 Å². The number of amides is 1. The number of rotatable bonds is 5. The van der Waals surface area contributed by atoms with Crippen LogP contribution in [0.1, 0.15) is 21.5 Å². The predicted octanol–water partition coefficient (Wildman–Crippen LogP) is 1.79. The van der Waals surface area contributed by atoms with E-state index in [9.17, 15) is 9.90 Å². The fourth-order valence-corrected chi connectivity index (χ4v) is 2.06. The maximum Gasteiger partial charge on any atom is 0.259 e. The highest BCUT2D eigenvalue weighted by Crippen LogP contribution is 2.26. The summed E-state index contributed by atoms with van der Waals surface area (Å²) in [6.45, 7) is 0.805. The third-order valence-corrected chi connectivity index (χ3v) is 3.13. The fourth-order valence-electron chi connectivity index (χ4n) is 2.06. The first-order valence-electron chi connectivity index (χ1n) is 6.57. The zero-order valence-corrected chi connectivity index (χ0v) is 11.8. The van der Waals surface area contributed by atoms with Crippen molar-refractivity contribution in [2.45, 2.75) is 13.1 Å². The van der Waals surface area contributed by atoms with Gasteiger partial charge >= 0.3 is 0 Å². The molecule has 0 aromatic heterocycles. The Balaban J connectivity index is 2.12. The lowest BCUT2D eigenvalue weighted by molar-refractivity contribution is 0.0945. The second kappa shape index (κ2) is 6.76. The molecule has 0 radical (unpaired) electrons. The minimum absolute atomic E-state index is 0.109. The van der Waals surface area contributed by atoms with Gasteiger partial charge in [0.25, 0.3) is 5.91 Å². The molecule has 0 saturated carbocycles. The molecule has 0 unspecified atom stereocenters. The number of nitrogens with two attached hydrogens (primary N) is 1. The Morgan fingerprint density at radius 2 is 1.95 bits per heavy atom. The number of aromatic hydroxyl groups is 1. The first-order valence-corrected chi connectivity index (χ1v) is 6.57. The summed E-state index contributed by atoms with van der Waals surface area (Å²) in [6, 6.07) is 12.4. The van der Waals surface area contributed by atoms with Crippen LogP contribution in [0.3, 0.4) is 0 Å². The van der Waals surface area contributed by atoms with Gasteiger partial charge in [0.2, 0.25) is 0 Å². The molecule has 0 saturated heterocycles. The Kier molecular flexibility index (Phi) is 4.79. The number of carbonyl (C=O) groups is 1. The van der Waals surface area contributed by atoms with Gasteiger partial charge in [0.1, 0.15) is 17.1 Å². The molecule has 0 aliphatic rings. The summed E-state index contributed by atoms with van der Waals surface area (Å²) in [5.41, 5.74) is 7.67. The van der Waals surface area contributed by atoms with Crippen molar-refractivity contribution < 1.29 is 14.6 Å². The van der Waals surface area contributed by atoms with Gasteiger partial charge in [-0.25, -0.2) is 0 Å². The second-order valence-electron chi connectivity index (χ2n) is 4.56. The molecule has 0 bridgehead atoms. The summed E-state index contributed by atoms with van der Waals surface area (Å²) in [5, 5.41) is 12.6. The molecule has 21 heavy (non-hydrogen) atoms. The van der Waals surface area contributed by atoms with Crippen LogP contribution in [0.5, 0.6) is 11.5 Å². The third kappa shape index (κ3) is 3.52. The van der Waals surface area contributed by atoms with Crippen LogP contribution >= 0.6 is 0 Å². The average molecular weight is 286 g/mol. The minimum Gasteiger partial charge on any atom is -0.507 e. The van der Waals surface area contributed by atoms with E-state index in [2.05, 4.69) is 5.32 Å². The van der Waals surface area contributed by atoms with Crippen molar-refractivity contribution in [1.82, 2.24) is 5.32 Å². The predicted molar refractivity (Wildman–Crippen MR) is 80.2 cm³/mol. The quantitative estimate of drug-likeness (QED) is 0.782. The first-order chi connectivity index (χ1) is 10.2. The van der Waals surface area contributed by atoms with E-state index in [1.54, 1.807) is 12.1 Å². The lowest BCUT2D eigenvalue weighted by Crippen LogP contribution is -2.23. The summed E-state index contributed by atoms with van der Waals surface area (Å²) in [6.07, 6.45) is 0. The summed E-state index contributed by atoms with van der Waals surface area (Å²) >= 11 is 0. The molecular formula is C16H18N2O3. The molecule has 0 atom stereocenters. The van der Waals surface area contributed by atoms with Crippen molar-refractivity contribution in [3.8, 4) is 11.5 Å². The van der Waals surface area contributed by atoms with Crippen molar-refractivity contribution in [2.24, 2.45) is 5.73 Å². The number of phenolic OH excluding ortho intramolecular Hbond substituents is 1. The lowest BCUT2D eigenvalue weighted by atomic mass is 10.1. The van der Waals surface area contributed by atoms with Crippen LogP contribution < -0.4 is 15.8 Å². The topological polar surface area (TPSA) is 84.6 Å². The number of hydrogen-bond acceptors (Lipinski definition) is 4. The molecule has 0 spiro atoms. The Morgan fingerprint density at radius 1 is 1.24 bits per heavy atom. The van der Waals surface area contributed by atoms with Crippen LogP contribution in [0.25, 0.3) is 0 Å². The molecule has 4 N–H and O–H groups in total. The zero-order valence-electron chi connectivity index (χ0n) is 11.8. The van der Waals surface area contributed by atoms with Gasteiger partial charge in [-0.3, -0.25) is 4.79 Å². The first kappa shape index (κ1) is 14.9. The monoisotopic (exact) mass is 286 g/mol. The molecule has 2 aromatic carbocycles. The smallest absolute Gasteiger partial charge is 0.259 e. The summed E-state index contributed by atoms with van der Waals surface area (Å²) < 4.78 is 5.10. The SMILES string of the molecule is COc1cccc(O)c1C(=O)NCc1cccc(CN)c1. The Morgan fingerprint density at radius 3 is 2.67 bits per heavy atom. The molecule has 2 rings (SSSR count). The van der Waals surface area contributed by atoms with Gasteiger partial charge in [-0.2, -0.15) is 0 Å². The highest BCUT2D eigenvalue weighted by molar-refractivity contribution is 5.99. The molecule has 5 nitrogen and oxygen atoms in total. The summed E-state index contributed by atoms with van der Waals surface area (Å²) in [4.78, 5) is 12.2. The van der Waals surface area contributed by atoms with Gasteiger partial charge in [-0.1, -0.05) is 30.3 Å². The number of hydrogen-bond donors (Lipinski definition) is 3. The van der Waals surface area contributed by atoms with Crippen molar-refractivity contribution >= 4 is 5.91 Å². The van der Waals surface area contributed by atoms with Gasteiger partial charge in [0, 0.05) is 13.1 Å². The van der Waals surface area contributed by atoms with Crippen LogP contribution in [0.15, 0.2) is 42.5 Å². The van der Waals surface area contributed by atoms with Crippen molar-refractivity contribution in [2.75, 3.05) is 7.11 Å². The van der Waals surface area contributed by atoms with Crippen molar-refractivity contribution in [1.29, 1.82) is 0 Å². The van der Waals surface area contributed by atoms with E-state index in [0.29, 0.717) is 18.8 Å². The van der Waals surface area contributed by atoms with Crippen LogP contribution in [-0.4, -0.2) is 18.1 Å². The zero-order chi connectivity index (χ0) is 15.2. The molecule has 0 aliphatic heterocycles. The Labute approximate surface area is 123 Å². The molecule has 1 amide bonds. The van der Waals surface area contributed by atoms with Gasteiger partial charge in [-0.05, 0) is 23.3 Å². The highest BCUT2D eigenvalue weighted by Gasteiger charge is 2.16. The largest absolute Gasteiger partial charge is 0.507 e. The third-order valence-electron chi connectivity index (χ3n) is 3.13. The molecule has 0 fully saturated rings. The van der Waals surface area contributed by atoms with Crippen LogP contribution in [0.4, 0.5) is 0 Å². The molecule has 110 valence electrons. The fraction of sp³-hybridized carbons (Fsp3) is 0.188. The van der Waals surface area contributed by atoms with E-state index >= 15 is 0 Å². The highest BCUT2D eigenvalue weighted by atomic mass is 16.5. The average Bonchev–Trinajstić information content (AvgIpc) is 2.52. The molecule has 5 heteroatoms. The standard InChI is InChI=1S/C16H18N2O3/c1-21-14-7-3-6-13(19)15(14)16(20)18-10-12-5-2-4-11(8-12)9-17/h2-8,19H,9-10,17H2,1H3,(H,18,20). The summed E-state index contributed by atoms with van der Waals surface area (Å²) in [7, 11) is 1.45. The number of methoxy groups -OCH3 is 1. The molecule has 0 aliphatic carbocycles. The number of nitrogens with one attached hydrogen (secondary N) is 1. The minimum atomic E-state index is -0.386. The lowest BCUT2D eigenvalue weighted by Gasteiger charge is -2.11. The maximum absolute atomic E-state index is 12.2. The number of carbonyl (C=O) groups excluding carboxylic acids is 1. The molecular weight excluding hydrogens is 268 g/mol. The molecule has 0 heterocycles. The summed E-state index contributed by atoms with van der Waals surface area (Å²) in [5.74, 6) is -0.158. The van der Waals surface area contributed by atoms with Gasteiger partial charge in [0.05, 0.1) is 7.11 Å². The van der Waals surface area contributed by atoms with E-state index in [4.69, 9.17) is 10.5 Å². The van der Waals surface area contributed by atoms with E-state index < -0.39 is 0 Å². The normalized spacial score (nSPS) is 10.2. The Bertz CT molecular complexity index is 641. The van der Waals surface area contributed by atoms with E-state index in [1.807, 2.05) is 24.3 Å². The Hall–Kier alpha value is -2.53. The number of ether oxygens (including phenoxy) is 1. The van der Waals surface area contributed by atoms with Crippen molar-refractivity contribution in [3.05, 3.63) is 59.2 Å². The van der Waals surface area contributed by atoms with Gasteiger partial charge < -0.3 is 20.9 Å².